The number of halogens is 4. The lowest BCUT2D eigenvalue weighted by molar-refractivity contribution is -0.138. The standard InChI is InChI=1S/C16H18F4N4S/c1-9-14(25-10(2)24-9)8-23-15(21-3)22-7-11-4-5-12(17)6-13(11)16(18,19)20/h4-6H,7-8H2,1-3H3,(H2,21,22,23). The molecule has 25 heavy (non-hydrogen) atoms. The van der Waals surface area contributed by atoms with Crippen molar-refractivity contribution in [2.75, 3.05) is 7.05 Å². The molecule has 0 amide bonds. The first kappa shape index (κ1) is 19.2. The minimum atomic E-state index is -4.62. The molecule has 0 fully saturated rings. The van der Waals surface area contributed by atoms with Crippen LogP contribution in [0.25, 0.3) is 0 Å². The molecule has 0 aliphatic heterocycles. The summed E-state index contributed by atoms with van der Waals surface area (Å²) >= 11 is 1.54. The normalized spacial score (nSPS) is 12.4. The van der Waals surface area contributed by atoms with Gasteiger partial charge in [0, 0.05) is 18.5 Å². The largest absolute Gasteiger partial charge is 0.416 e. The van der Waals surface area contributed by atoms with Gasteiger partial charge in [-0.05, 0) is 31.5 Å². The number of benzene rings is 1. The second-order valence-corrected chi connectivity index (χ2v) is 6.61. The molecule has 1 aromatic carbocycles. The molecule has 0 bridgehead atoms. The van der Waals surface area contributed by atoms with E-state index in [1.165, 1.54) is 7.05 Å². The van der Waals surface area contributed by atoms with Crippen molar-refractivity contribution < 1.29 is 17.6 Å². The number of alkyl halides is 3. The average Bonchev–Trinajstić information content (AvgIpc) is 2.85. The minimum absolute atomic E-state index is 0.0540. The maximum Gasteiger partial charge on any atom is 0.416 e. The van der Waals surface area contributed by atoms with E-state index >= 15 is 0 Å². The SMILES string of the molecule is CN=C(NCc1ccc(F)cc1C(F)(F)F)NCc1sc(C)nc1C. The summed E-state index contributed by atoms with van der Waals surface area (Å²) in [6.07, 6.45) is -4.62. The molecule has 1 aromatic heterocycles. The van der Waals surface area contributed by atoms with Gasteiger partial charge in [0.25, 0.3) is 0 Å². The van der Waals surface area contributed by atoms with Gasteiger partial charge < -0.3 is 10.6 Å². The highest BCUT2D eigenvalue weighted by molar-refractivity contribution is 7.11. The van der Waals surface area contributed by atoms with Gasteiger partial charge in [0.2, 0.25) is 0 Å². The van der Waals surface area contributed by atoms with Crippen molar-refractivity contribution in [3.8, 4) is 0 Å². The predicted octanol–water partition coefficient (Wildman–Crippen LogP) is 3.78. The van der Waals surface area contributed by atoms with Gasteiger partial charge in [-0.3, -0.25) is 4.99 Å². The molecule has 0 atom stereocenters. The molecule has 0 spiro atoms. The van der Waals surface area contributed by atoms with Crippen molar-refractivity contribution in [3.63, 3.8) is 0 Å². The van der Waals surface area contributed by atoms with E-state index < -0.39 is 17.6 Å². The number of guanidine groups is 1. The van der Waals surface area contributed by atoms with Crippen LogP contribution in [-0.2, 0) is 19.3 Å². The number of thiazole rings is 1. The van der Waals surface area contributed by atoms with Crippen molar-refractivity contribution in [2.45, 2.75) is 33.1 Å². The Kier molecular flexibility index (Phi) is 5.99. The van der Waals surface area contributed by atoms with Crippen molar-refractivity contribution in [2.24, 2.45) is 4.99 Å². The van der Waals surface area contributed by atoms with Crippen molar-refractivity contribution in [3.05, 3.63) is 50.7 Å². The first-order chi connectivity index (χ1) is 11.7. The third kappa shape index (κ3) is 5.15. The van der Waals surface area contributed by atoms with Crippen LogP contribution in [0.1, 0.15) is 26.7 Å². The van der Waals surface area contributed by atoms with Crippen molar-refractivity contribution in [1.29, 1.82) is 0 Å². The maximum atomic E-state index is 13.1. The zero-order valence-corrected chi connectivity index (χ0v) is 14.8. The van der Waals surface area contributed by atoms with Crippen molar-refractivity contribution in [1.82, 2.24) is 15.6 Å². The van der Waals surface area contributed by atoms with Crippen LogP contribution in [0.3, 0.4) is 0 Å². The number of nitrogens with one attached hydrogen (secondary N) is 2. The average molecular weight is 374 g/mol. The lowest BCUT2D eigenvalue weighted by Crippen LogP contribution is -2.36. The summed E-state index contributed by atoms with van der Waals surface area (Å²) in [5.74, 6) is -0.572. The highest BCUT2D eigenvalue weighted by Gasteiger charge is 2.33. The monoisotopic (exact) mass is 374 g/mol. The van der Waals surface area contributed by atoms with E-state index in [9.17, 15) is 17.6 Å². The summed E-state index contributed by atoms with van der Waals surface area (Å²) in [7, 11) is 1.52. The molecule has 0 radical (unpaired) electrons. The Bertz CT molecular complexity index is 768. The molecular formula is C16H18F4N4S. The molecule has 136 valence electrons. The number of hydrogen-bond donors (Lipinski definition) is 2. The fraction of sp³-hybridized carbons (Fsp3) is 0.375. The summed E-state index contributed by atoms with van der Waals surface area (Å²) in [6.45, 7) is 4.13. The summed E-state index contributed by atoms with van der Waals surface area (Å²) in [5, 5.41) is 6.79. The third-order valence-electron chi connectivity index (χ3n) is 3.46. The smallest absolute Gasteiger partial charge is 0.352 e. The van der Waals surface area contributed by atoms with Crippen LogP contribution in [0, 0.1) is 19.7 Å². The number of rotatable bonds is 4. The Balaban J connectivity index is 2.03. The molecule has 2 rings (SSSR count). The lowest BCUT2D eigenvalue weighted by atomic mass is 10.1. The minimum Gasteiger partial charge on any atom is -0.352 e. The summed E-state index contributed by atoms with van der Waals surface area (Å²) in [4.78, 5) is 9.33. The Morgan fingerprint density at radius 3 is 2.44 bits per heavy atom. The van der Waals surface area contributed by atoms with Gasteiger partial charge in [0.1, 0.15) is 5.82 Å². The molecule has 2 N–H and O–H groups in total. The molecule has 1 heterocycles. The van der Waals surface area contributed by atoms with Crippen LogP contribution in [0.4, 0.5) is 17.6 Å². The van der Waals surface area contributed by atoms with Gasteiger partial charge in [-0.2, -0.15) is 13.2 Å². The Labute approximate surface area is 147 Å². The van der Waals surface area contributed by atoms with Crippen LogP contribution in [0.2, 0.25) is 0 Å². The van der Waals surface area contributed by atoms with E-state index in [2.05, 4.69) is 20.6 Å². The lowest BCUT2D eigenvalue weighted by Gasteiger charge is -2.15. The quantitative estimate of drug-likeness (QED) is 0.486. The zero-order chi connectivity index (χ0) is 18.6. The molecule has 2 aromatic rings. The number of hydrogen-bond acceptors (Lipinski definition) is 3. The van der Waals surface area contributed by atoms with Gasteiger partial charge >= 0.3 is 6.18 Å². The van der Waals surface area contributed by atoms with Gasteiger partial charge in [0.15, 0.2) is 5.96 Å². The molecule has 9 heteroatoms. The van der Waals surface area contributed by atoms with Crippen LogP contribution >= 0.6 is 11.3 Å². The van der Waals surface area contributed by atoms with E-state index in [4.69, 9.17) is 0 Å². The zero-order valence-electron chi connectivity index (χ0n) is 14.0. The molecule has 0 saturated heterocycles. The number of aliphatic imine (C=N–C) groups is 1. The molecule has 0 aliphatic rings. The maximum absolute atomic E-state index is 13.1. The van der Waals surface area contributed by atoms with E-state index in [1.54, 1.807) is 11.3 Å². The summed E-state index contributed by atoms with van der Waals surface area (Å²) < 4.78 is 52.1. The van der Waals surface area contributed by atoms with Crippen LogP contribution < -0.4 is 10.6 Å². The fourth-order valence-electron chi connectivity index (χ4n) is 2.27. The summed E-state index contributed by atoms with van der Waals surface area (Å²) in [6, 6.07) is 2.62. The van der Waals surface area contributed by atoms with Gasteiger partial charge in [-0.25, -0.2) is 9.37 Å². The van der Waals surface area contributed by atoms with Crippen LogP contribution in [0.5, 0.6) is 0 Å². The fourth-order valence-corrected chi connectivity index (χ4v) is 3.14. The van der Waals surface area contributed by atoms with E-state index in [0.29, 0.717) is 18.6 Å². The molecule has 0 saturated carbocycles. The highest BCUT2D eigenvalue weighted by atomic mass is 32.1. The van der Waals surface area contributed by atoms with Crippen LogP contribution in [-0.4, -0.2) is 18.0 Å². The molecule has 0 unspecified atom stereocenters. The topological polar surface area (TPSA) is 49.3 Å². The molecular weight excluding hydrogens is 356 g/mol. The van der Waals surface area contributed by atoms with Gasteiger partial charge in [0.05, 0.1) is 22.8 Å². The predicted molar refractivity (Wildman–Crippen MR) is 90.0 cm³/mol. The van der Waals surface area contributed by atoms with Gasteiger partial charge in [-0.15, -0.1) is 11.3 Å². The Hall–Kier alpha value is -2.16. The third-order valence-corrected chi connectivity index (χ3v) is 4.54. The van der Waals surface area contributed by atoms with E-state index in [1.807, 2.05) is 13.8 Å². The highest BCUT2D eigenvalue weighted by Crippen LogP contribution is 2.32. The van der Waals surface area contributed by atoms with Crippen molar-refractivity contribution >= 4 is 17.3 Å². The Morgan fingerprint density at radius 1 is 1.20 bits per heavy atom. The van der Waals surface area contributed by atoms with E-state index in [-0.39, 0.29) is 12.1 Å². The number of aryl methyl sites for hydroxylation is 2. The second kappa shape index (κ2) is 7.81. The van der Waals surface area contributed by atoms with Crippen LogP contribution in [0.15, 0.2) is 23.2 Å². The second-order valence-electron chi connectivity index (χ2n) is 5.32. The molecule has 0 aliphatic carbocycles. The Morgan fingerprint density at radius 2 is 1.88 bits per heavy atom. The van der Waals surface area contributed by atoms with E-state index in [0.717, 1.165) is 27.7 Å². The first-order valence-corrected chi connectivity index (χ1v) is 8.25. The van der Waals surface area contributed by atoms with Gasteiger partial charge in [-0.1, -0.05) is 6.07 Å². The number of nitrogens with zero attached hydrogens (tertiary/aromatic N) is 2. The molecule has 4 nitrogen and oxygen atoms in total. The summed E-state index contributed by atoms with van der Waals surface area (Å²) in [5.41, 5.74) is -0.144. The first-order valence-electron chi connectivity index (χ1n) is 7.43. The number of aromatic nitrogens is 1.